The number of aromatic nitrogens is 2. The predicted molar refractivity (Wildman–Crippen MR) is 97.3 cm³/mol. The summed E-state index contributed by atoms with van der Waals surface area (Å²) in [5.74, 6) is -0.442. The van der Waals surface area contributed by atoms with Crippen LogP contribution in [0.1, 0.15) is 11.4 Å². The SMILES string of the molecule is Cc1cc(C)n(-c2ccc(NC(=O)NCCN3CCOCC3)cc2F)n1. The van der Waals surface area contributed by atoms with E-state index < -0.39 is 5.82 Å². The molecule has 0 unspecified atom stereocenters. The number of hydrogen-bond acceptors (Lipinski definition) is 4. The Morgan fingerprint density at radius 3 is 2.69 bits per heavy atom. The molecule has 2 aromatic rings. The van der Waals surface area contributed by atoms with Gasteiger partial charge in [-0.25, -0.2) is 13.9 Å². The maximum atomic E-state index is 14.4. The number of carbonyl (C=O) groups excluding carboxylic acids is 1. The largest absolute Gasteiger partial charge is 0.379 e. The normalized spacial score (nSPS) is 15.0. The lowest BCUT2D eigenvalue weighted by Crippen LogP contribution is -2.42. The molecule has 1 aromatic heterocycles. The number of amides is 2. The number of rotatable bonds is 5. The van der Waals surface area contributed by atoms with E-state index in [1.165, 1.54) is 6.07 Å². The van der Waals surface area contributed by atoms with Crippen LogP contribution in [0.25, 0.3) is 5.69 Å². The number of benzene rings is 1. The molecular weight excluding hydrogens is 337 g/mol. The monoisotopic (exact) mass is 361 g/mol. The van der Waals surface area contributed by atoms with Gasteiger partial charge in [-0.2, -0.15) is 5.10 Å². The highest BCUT2D eigenvalue weighted by Gasteiger charge is 2.12. The van der Waals surface area contributed by atoms with Crippen molar-refractivity contribution in [3.63, 3.8) is 0 Å². The van der Waals surface area contributed by atoms with Crippen LogP contribution in [0, 0.1) is 19.7 Å². The summed E-state index contributed by atoms with van der Waals surface area (Å²) < 4.78 is 21.3. The molecule has 0 radical (unpaired) electrons. The number of aryl methyl sites for hydroxylation is 2. The maximum absolute atomic E-state index is 14.4. The topological polar surface area (TPSA) is 71.4 Å². The molecular formula is C18H24FN5O2. The zero-order valence-corrected chi connectivity index (χ0v) is 15.1. The van der Waals surface area contributed by atoms with Crippen LogP contribution in [0.5, 0.6) is 0 Å². The summed E-state index contributed by atoms with van der Waals surface area (Å²) in [4.78, 5) is 14.2. The average Bonchev–Trinajstić information content (AvgIpc) is 2.94. The third kappa shape index (κ3) is 4.59. The van der Waals surface area contributed by atoms with Crippen LogP contribution >= 0.6 is 0 Å². The Kier molecular flexibility index (Phi) is 5.85. The number of hydrogen-bond donors (Lipinski definition) is 2. The van der Waals surface area contributed by atoms with Crippen molar-refractivity contribution in [2.45, 2.75) is 13.8 Å². The summed E-state index contributed by atoms with van der Waals surface area (Å²) in [6.45, 7) is 8.23. The number of urea groups is 1. The van der Waals surface area contributed by atoms with E-state index in [9.17, 15) is 9.18 Å². The molecule has 0 saturated carbocycles. The molecule has 140 valence electrons. The van der Waals surface area contributed by atoms with Crippen LogP contribution < -0.4 is 10.6 Å². The van der Waals surface area contributed by atoms with Crippen molar-refractivity contribution in [1.82, 2.24) is 20.0 Å². The molecule has 0 bridgehead atoms. The van der Waals surface area contributed by atoms with Crippen molar-refractivity contribution in [2.24, 2.45) is 0 Å². The number of morpholine rings is 1. The Morgan fingerprint density at radius 2 is 2.04 bits per heavy atom. The van der Waals surface area contributed by atoms with E-state index in [0.717, 1.165) is 44.2 Å². The third-order valence-corrected chi connectivity index (χ3v) is 4.26. The minimum atomic E-state index is -0.442. The molecule has 3 rings (SSSR count). The van der Waals surface area contributed by atoms with E-state index in [2.05, 4.69) is 20.6 Å². The summed E-state index contributed by atoms with van der Waals surface area (Å²) in [6.07, 6.45) is 0. The van der Waals surface area contributed by atoms with E-state index in [4.69, 9.17) is 4.74 Å². The van der Waals surface area contributed by atoms with Gasteiger partial charge in [0, 0.05) is 37.6 Å². The van der Waals surface area contributed by atoms with E-state index in [0.29, 0.717) is 17.9 Å². The molecule has 1 aromatic carbocycles. The van der Waals surface area contributed by atoms with Crippen molar-refractivity contribution in [2.75, 3.05) is 44.7 Å². The Hall–Kier alpha value is -2.45. The van der Waals surface area contributed by atoms with Gasteiger partial charge in [0.05, 0.1) is 18.9 Å². The van der Waals surface area contributed by atoms with E-state index in [1.807, 2.05) is 19.9 Å². The third-order valence-electron chi connectivity index (χ3n) is 4.26. The lowest BCUT2D eigenvalue weighted by Gasteiger charge is -2.26. The summed E-state index contributed by atoms with van der Waals surface area (Å²) in [7, 11) is 0. The number of carbonyl (C=O) groups is 1. The smallest absolute Gasteiger partial charge is 0.319 e. The highest BCUT2D eigenvalue weighted by molar-refractivity contribution is 5.89. The highest BCUT2D eigenvalue weighted by atomic mass is 19.1. The molecule has 1 aliphatic rings. The lowest BCUT2D eigenvalue weighted by atomic mass is 10.2. The number of nitrogens with one attached hydrogen (secondary N) is 2. The van der Waals surface area contributed by atoms with Crippen molar-refractivity contribution in [1.29, 1.82) is 0 Å². The second kappa shape index (κ2) is 8.29. The molecule has 1 fully saturated rings. The summed E-state index contributed by atoms with van der Waals surface area (Å²) >= 11 is 0. The van der Waals surface area contributed by atoms with Crippen LogP contribution in [-0.4, -0.2) is 60.1 Å². The first-order chi connectivity index (χ1) is 12.5. The second-order valence-corrected chi connectivity index (χ2v) is 6.34. The highest BCUT2D eigenvalue weighted by Crippen LogP contribution is 2.19. The van der Waals surface area contributed by atoms with Crippen LogP contribution in [0.3, 0.4) is 0 Å². The van der Waals surface area contributed by atoms with Crippen molar-refractivity contribution >= 4 is 11.7 Å². The average molecular weight is 361 g/mol. The molecule has 1 aliphatic heterocycles. The van der Waals surface area contributed by atoms with Gasteiger partial charge in [0.1, 0.15) is 5.69 Å². The van der Waals surface area contributed by atoms with E-state index in [1.54, 1.807) is 16.8 Å². The van der Waals surface area contributed by atoms with Crippen LogP contribution in [0.4, 0.5) is 14.9 Å². The number of nitrogens with zero attached hydrogens (tertiary/aromatic N) is 3. The fourth-order valence-corrected chi connectivity index (χ4v) is 2.96. The van der Waals surface area contributed by atoms with Gasteiger partial charge in [-0.3, -0.25) is 4.90 Å². The summed E-state index contributed by atoms with van der Waals surface area (Å²) in [5, 5.41) is 9.72. The van der Waals surface area contributed by atoms with Crippen molar-refractivity contribution in [3.8, 4) is 5.69 Å². The quantitative estimate of drug-likeness (QED) is 0.855. The standard InChI is InChI=1S/C18H24FN5O2/c1-13-11-14(2)24(22-13)17-4-3-15(12-16(17)19)21-18(25)20-5-6-23-7-9-26-10-8-23/h3-4,11-12H,5-10H2,1-2H3,(H2,20,21,25). The predicted octanol–water partition coefficient (Wildman–Crippen LogP) is 2.08. The van der Waals surface area contributed by atoms with Crippen LogP contribution in [0.15, 0.2) is 24.3 Å². The van der Waals surface area contributed by atoms with Gasteiger partial charge in [-0.05, 0) is 38.1 Å². The zero-order valence-electron chi connectivity index (χ0n) is 15.1. The molecule has 0 spiro atoms. The van der Waals surface area contributed by atoms with E-state index >= 15 is 0 Å². The zero-order chi connectivity index (χ0) is 18.5. The van der Waals surface area contributed by atoms with Gasteiger partial charge < -0.3 is 15.4 Å². The minimum Gasteiger partial charge on any atom is -0.379 e. The minimum absolute atomic E-state index is 0.350. The van der Waals surface area contributed by atoms with Gasteiger partial charge in [0.2, 0.25) is 0 Å². The molecule has 2 N–H and O–H groups in total. The summed E-state index contributed by atoms with van der Waals surface area (Å²) in [6, 6.07) is 6.10. The van der Waals surface area contributed by atoms with E-state index in [-0.39, 0.29) is 6.03 Å². The molecule has 2 amide bonds. The first-order valence-electron chi connectivity index (χ1n) is 8.71. The summed E-state index contributed by atoms with van der Waals surface area (Å²) in [5.41, 5.74) is 2.43. The first-order valence-corrected chi connectivity index (χ1v) is 8.71. The molecule has 26 heavy (non-hydrogen) atoms. The fraction of sp³-hybridized carbons (Fsp3) is 0.444. The van der Waals surface area contributed by atoms with Gasteiger partial charge in [-0.15, -0.1) is 0 Å². The molecule has 0 atom stereocenters. The van der Waals surface area contributed by atoms with Crippen LogP contribution in [0.2, 0.25) is 0 Å². The van der Waals surface area contributed by atoms with Crippen molar-refractivity contribution in [3.05, 3.63) is 41.5 Å². The molecule has 7 nitrogen and oxygen atoms in total. The second-order valence-electron chi connectivity index (χ2n) is 6.34. The number of ether oxygens (including phenoxy) is 1. The van der Waals surface area contributed by atoms with Gasteiger partial charge in [-0.1, -0.05) is 0 Å². The molecule has 8 heteroatoms. The molecule has 0 aliphatic carbocycles. The number of halogens is 1. The Morgan fingerprint density at radius 1 is 1.27 bits per heavy atom. The van der Waals surface area contributed by atoms with Gasteiger partial charge >= 0.3 is 6.03 Å². The molecule has 2 heterocycles. The van der Waals surface area contributed by atoms with Gasteiger partial charge in [0.15, 0.2) is 5.82 Å². The lowest BCUT2D eigenvalue weighted by molar-refractivity contribution is 0.0388. The number of anilines is 1. The Bertz CT molecular complexity index is 771. The Balaban J connectivity index is 1.54. The maximum Gasteiger partial charge on any atom is 0.319 e. The van der Waals surface area contributed by atoms with Crippen LogP contribution in [-0.2, 0) is 4.74 Å². The fourth-order valence-electron chi connectivity index (χ4n) is 2.96. The van der Waals surface area contributed by atoms with Crippen molar-refractivity contribution < 1.29 is 13.9 Å². The Labute approximate surface area is 152 Å². The van der Waals surface area contributed by atoms with Gasteiger partial charge in [0.25, 0.3) is 0 Å². The molecule has 1 saturated heterocycles. The first kappa shape index (κ1) is 18.3.